The molecule has 2 aromatic carbocycles. The number of amides is 1. The van der Waals surface area contributed by atoms with E-state index >= 15 is 0 Å². The normalized spacial score (nSPS) is 11.7. The Balaban J connectivity index is 1.67. The van der Waals surface area contributed by atoms with Crippen molar-refractivity contribution >= 4 is 42.6 Å². The van der Waals surface area contributed by atoms with Gasteiger partial charge < -0.3 is 4.74 Å². The summed E-state index contributed by atoms with van der Waals surface area (Å²) in [4.78, 5) is 16.6. The number of sulfonamides is 1. The van der Waals surface area contributed by atoms with Gasteiger partial charge in [-0.1, -0.05) is 30.4 Å². The van der Waals surface area contributed by atoms with Gasteiger partial charge >= 0.3 is 0 Å². The number of rotatable bonds is 7. The lowest BCUT2D eigenvalue weighted by Crippen LogP contribution is -2.22. The molecular formula is C19H21N3O4S2. The van der Waals surface area contributed by atoms with Crippen molar-refractivity contribution in [1.29, 1.82) is 0 Å². The largest absolute Gasteiger partial charge is 0.484 e. The van der Waals surface area contributed by atoms with Gasteiger partial charge in [-0.25, -0.2) is 17.7 Å². The van der Waals surface area contributed by atoms with Gasteiger partial charge in [0.2, 0.25) is 10.0 Å². The molecule has 0 fully saturated rings. The number of benzene rings is 2. The minimum Gasteiger partial charge on any atom is -0.484 e. The van der Waals surface area contributed by atoms with Gasteiger partial charge in [0.15, 0.2) is 11.7 Å². The van der Waals surface area contributed by atoms with E-state index in [0.717, 1.165) is 10.7 Å². The van der Waals surface area contributed by atoms with Crippen molar-refractivity contribution in [3.63, 3.8) is 0 Å². The van der Waals surface area contributed by atoms with Gasteiger partial charge in [0.05, 0.1) is 15.1 Å². The first kappa shape index (κ1) is 20.2. The lowest BCUT2D eigenvalue weighted by molar-refractivity contribution is -0.118. The summed E-state index contributed by atoms with van der Waals surface area (Å²) in [6.45, 7) is 1.93. The molecule has 3 rings (SSSR count). The van der Waals surface area contributed by atoms with Crippen LogP contribution in [0.25, 0.3) is 10.2 Å². The molecule has 0 atom stereocenters. The number of nitrogens with zero attached hydrogens (tertiary/aromatic N) is 2. The third-order valence-corrected chi connectivity index (χ3v) is 6.83. The second-order valence-electron chi connectivity index (χ2n) is 6.27. The summed E-state index contributed by atoms with van der Waals surface area (Å²) < 4.78 is 31.8. The molecule has 0 saturated carbocycles. The third-order valence-electron chi connectivity index (χ3n) is 4.09. The minimum absolute atomic E-state index is 0.137. The highest BCUT2D eigenvalue weighted by Crippen LogP contribution is 2.28. The van der Waals surface area contributed by atoms with Gasteiger partial charge in [0, 0.05) is 14.1 Å². The van der Waals surface area contributed by atoms with E-state index in [9.17, 15) is 13.2 Å². The van der Waals surface area contributed by atoms with E-state index in [-0.39, 0.29) is 17.4 Å². The topological polar surface area (TPSA) is 88.6 Å². The van der Waals surface area contributed by atoms with Crippen LogP contribution < -0.4 is 10.1 Å². The summed E-state index contributed by atoms with van der Waals surface area (Å²) in [6, 6.07) is 12.3. The van der Waals surface area contributed by atoms with Crippen molar-refractivity contribution in [1.82, 2.24) is 9.29 Å². The molecule has 0 spiro atoms. The maximum Gasteiger partial charge on any atom is 0.264 e. The maximum absolute atomic E-state index is 12.2. The van der Waals surface area contributed by atoms with Crippen LogP contribution in [0.4, 0.5) is 5.13 Å². The molecule has 148 valence electrons. The molecule has 7 nitrogen and oxygen atoms in total. The number of aryl methyl sites for hydroxylation is 1. The van der Waals surface area contributed by atoms with Crippen LogP contribution in [0.1, 0.15) is 12.5 Å². The van der Waals surface area contributed by atoms with Gasteiger partial charge in [-0.3, -0.25) is 10.1 Å². The van der Waals surface area contributed by atoms with E-state index in [1.165, 1.54) is 37.1 Å². The summed E-state index contributed by atoms with van der Waals surface area (Å²) in [5.74, 6) is 0.287. The number of carbonyl (C=O) groups excluding carboxylic acids is 1. The van der Waals surface area contributed by atoms with Gasteiger partial charge in [-0.2, -0.15) is 0 Å². The number of hydrogen-bond acceptors (Lipinski definition) is 6. The lowest BCUT2D eigenvalue weighted by atomic mass is 10.2. The molecule has 0 unspecified atom stereocenters. The van der Waals surface area contributed by atoms with Crippen LogP contribution in [-0.4, -0.2) is 44.3 Å². The molecule has 1 heterocycles. The van der Waals surface area contributed by atoms with Crippen molar-refractivity contribution in [2.75, 3.05) is 26.0 Å². The van der Waals surface area contributed by atoms with Crippen molar-refractivity contribution < 1.29 is 17.9 Å². The highest BCUT2D eigenvalue weighted by Gasteiger charge is 2.18. The van der Waals surface area contributed by atoms with Crippen LogP contribution in [0.3, 0.4) is 0 Å². The Bertz CT molecular complexity index is 1090. The SMILES string of the molecule is CCc1ccc(OCC(=O)Nc2nc3ccc(S(=O)(=O)N(C)C)cc3s2)cc1. The Kier molecular flexibility index (Phi) is 5.97. The number of aromatic nitrogens is 1. The second-order valence-corrected chi connectivity index (χ2v) is 9.45. The number of fused-ring (bicyclic) bond motifs is 1. The molecule has 1 amide bonds. The monoisotopic (exact) mass is 419 g/mol. The fourth-order valence-corrected chi connectivity index (χ4v) is 4.38. The molecule has 0 bridgehead atoms. The summed E-state index contributed by atoms with van der Waals surface area (Å²) in [7, 11) is -0.562. The molecule has 1 aromatic heterocycles. The van der Waals surface area contributed by atoms with E-state index in [0.29, 0.717) is 21.1 Å². The zero-order valence-corrected chi connectivity index (χ0v) is 17.4. The maximum atomic E-state index is 12.2. The van der Waals surface area contributed by atoms with E-state index in [1.54, 1.807) is 12.1 Å². The van der Waals surface area contributed by atoms with E-state index in [1.807, 2.05) is 24.3 Å². The molecule has 0 saturated heterocycles. The van der Waals surface area contributed by atoms with E-state index in [2.05, 4.69) is 17.2 Å². The summed E-state index contributed by atoms with van der Waals surface area (Å²) in [5, 5.41) is 3.08. The van der Waals surface area contributed by atoms with Crippen LogP contribution >= 0.6 is 11.3 Å². The van der Waals surface area contributed by atoms with E-state index < -0.39 is 10.0 Å². The predicted octanol–water partition coefficient (Wildman–Crippen LogP) is 3.13. The highest BCUT2D eigenvalue weighted by molar-refractivity contribution is 7.89. The minimum atomic E-state index is -3.52. The highest BCUT2D eigenvalue weighted by atomic mass is 32.2. The fraction of sp³-hybridized carbons (Fsp3) is 0.263. The van der Waals surface area contributed by atoms with Crippen molar-refractivity contribution in [3.05, 3.63) is 48.0 Å². The van der Waals surface area contributed by atoms with Crippen molar-refractivity contribution in [3.8, 4) is 5.75 Å². The molecule has 28 heavy (non-hydrogen) atoms. The molecule has 1 N–H and O–H groups in total. The van der Waals surface area contributed by atoms with Crippen LogP contribution in [0.5, 0.6) is 5.75 Å². The van der Waals surface area contributed by atoms with Gasteiger partial charge in [-0.15, -0.1) is 0 Å². The number of hydrogen-bond donors (Lipinski definition) is 1. The third kappa shape index (κ3) is 4.49. The average molecular weight is 420 g/mol. The predicted molar refractivity (Wildman–Crippen MR) is 110 cm³/mol. The average Bonchev–Trinajstić information content (AvgIpc) is 3.07. The number of anilines is 1. The lowest BCUT2D eigenvalue weighted by Gasteiger charge is -2.10. The summed E-state index contributed by atoms with van der Waals surface area (Å²) >= 11 is 1.21. The number of carbonyl (C=O) groups is 1. The van der Waals surface area contributed by atoms with Crippen molar-refractivity contribution in [2.24, 2.45) is 0 Å². The quantitative estimate of drug-likeness (QED) is 0.636. The number of ether oxygens (including phenoxy) is 1. The van der Waals surface area contributed by atoms with Crippen molar-refractivity contribution in [2.45, 2.75) is 18.2 Å². The zero-order chi connectivity index (χ0) is 20.3. The first-order chi connectivity index (χ1) is 13.3. The Morgan fingerprint density at radius 2 is 1.89 bits per heavy atom. The van der Waals surface area contributed by atoms with Crippen LogP contribution in [-0.2, 0) is 21.2 Å². The molecule has 3 aromatic rings. The van der Waals surface area contributed by atoms with E-state index in [4.69, 9.17) is 4.74 Å². The fourth-order valence-electron chi connectivity index (χ4n) is 2.46. The molecule has 9 heteroatoms. The summed E-state index contributed by atoms with van der Waals surface area (Å²) in [5.41, 5.74) is 1.82. The molecule has 0 aliphatic rings. The Hall–Kier alpha value is -2.49. The second kappa shape index (κ2) is 8.26. The Morgan fingerprint density at radius 3 is 2.54 bits per heavy atom. The first-order valence-corrected chi connectivity index (χ1v) is 10.9. The van der Waals surface area contributed by atoms with Crippen LogP contribution in [0.15, 0.2) is 47.4 Å². The molecule has 0 aliphatic heterocycles. The van der Waals surface area contributed by atoms with Gasteiger partial charge in [0.25, 0.3) is 5.91 Å². The summed E-state index contributed by atoms with van der Waals surface area (Å²) in [6.07, 6.45) is 0.940. The van der Waals surface area contributed by atoms with Gasteiger partial charge in [0.1, 0.15) is 5.75 Å². The van der Waals surface area contributed by atoms with Gasteiger partial charge in [-0.05, 0) is 42.3 Å². The Labute approximate surface area is 168 Å². The smallest absolute Gasteiger partial charge is 0.264 e. The Morgan fingerprint density at radius 1 is 1.18 bits per heavy atom. The van der Waals surface area contributed by atoms with Crippen LogP contribution in [0.2, 0.25) is 0 Å². The molecular weight excluding hydrogens is 398 g/mol. The van der Waals surface area contributed by atoms with Crippen LogP contribution in [0, 0.1) is 0 Å². The number of nitrogens with one attached hydrogen (secondary N) is 1. The number of thiazole rings is 1. The standard InChI is InChI=1S/C19H21N3O4S2/c1-4-13-5-7-14(8-6-13)26-12-18(23)21-19-20-16-10-9-15(11-17(16)27-19)28(24,25)22(2)3/h5-11H,4,12H2,1-3H3,(H,20,21,23). The first-order valence-electron chi connectivity index (χ1n) is 8.64. The zero-order valence-electron chi connectivity index (χ0n) is 15.8. The molecule has 0 aliphatic carbocycles. The molecule has 0 radical (unpaired) electrons.